The predicted octanol–water partition coefficient (Wildman–Crippen LogP) is 3.99. The molecule has 0 aromatic heterocycles. The van der Waals surface area contributed by atoms with E-state index in [-0.39, 0.29) is 6.29 Å². The van der Waals surface area contributed by atoms with Gasteiger partial charge in [-0.1, -0.05) is 20.8 Å². The molecule has 2 heteroatoms. The van der Waals surface area contributed by atoms with E-state index in [1.54, 1.807) is 12.5 Å². The summed E-state index contributed by atoms with van der Waals surface area (Å²) in [6.07, 6.45) is 11.2. The van der Waals surface area contributed by atoms with E-state index in [0.717, 1.165) is 25.7 Å². The molecule has 0 aromatic carbocycles. The minimum absolute atomic E-state index is 0.134. The smallest absolute Gasteiger partial charge is 0.239 e. The fourth-order valence-electron chi connectivity index (χ4n) is 0.883. The van der Waals surface area contributed by atoms with Crippen LogP contribution in [0.1, 0.15) is 46.5 Å². The van der Waals surface area contributed by atoms with Crippen molar-refractivity contribution in [1.82, 2.24) is 0 Å². The Bertz CT molecular complexity index is 146. The Kier molecular flexibility index (Phi) is 9.49. The Morgan fingerprint density at radius 3 is 1.79 bits per heavy atom. The molecule has 0 radical (unpaired) electrons. The third-order valence-corrected chi connectivity index (χ3v) is 1.65. The number of rotatable bonds is 8. The highest BCUT2D eigenvalue weighted by Gasteiger charge is 2.04. The van der Waals surface area contributed by atoms with E-state index in [9.17, 15) is 0 Å². The molecule has 0 aromatic rings. The van der Waals surface area contributed by atoms with Crippen LogP contribution in [0.25, 0.3) is 0 Å². The first-order valence-corrected chi connectivity index (χ1v) is 5.46. The summed E-state index contributed by atoms with van der Waals surface area (Å²) in [4.78, 5) is 0. The molecule has 0 saturated heterocycles. The minimum Gasteiger partial charge on any atom is -0.463 e. The molecule has 0 saturated carbocycles. The van der Waals surface area contributed by atoms with Crippen molar-refractivity contribution in [2.24, 2.45) is 0 Å². The first-order valence-electron chi connectivity index (χ1n) is 5.46. The summed E-state index contributed by atoms with van der Waals surface area (Å²) in [6.45, 7) is 6.27. The van der Waals surface area contributed by atoms with Gasteiger partial charge >= 0.3 is 0 Å². The van der Waals surface area contributed by atoms with Crippen molar-refractivity contribution in [1.29, 1.82) is 0 Å². The predicted molar refractivity (Wildman–Crippen MR) is 59.7 cm³/mol. The monoisotopic (exact) mass is 198 g/mol. The van der Waals surface area contributed by atoms with Crippen LogP contribution >= 0.6 is 0 Å². The summed E-state index contributed by atoms with van der Waals surface area (Å²) in [6, 6.07) is 0. The van der Waals surface area contributed by atoms with Gasteiger partial charge in [0.15, 0.2) is 0 Å². The van der Waals surface area contributed by atoms with Crippen molar-refractivity contribution in [2.75, 3.05) is 0 Å². The Hall–Kier alpha value is -0.920. The van der Waals surface area contributed by atoms with Gasteiger partial charge in [-0.15, -0.1) is 0 Å². The topological polar surface area (TPSA) is 18.5 Å². The van der Waals surface area contributed by atoms with Gasteiger partial charge in [0.2, 0.25) is 6.29 Å². The van der Waals surface area contributed by atoms with Crippen LogP contribution in [0, 0.1) is 0 Å². The molecule has 0 atom stereocenters. The lowest BCUT2D eigenvalue weighted by Crippen LogP contribution is -2.10. The Labute approximate surface area is 87.6 Å². The lowest BCUT2D eigenvalue weighted by atomic mass is 10.3. The third kappa shape index (κ3) is 7.71. The summed E-state index contributed by atoms with van der Waals surface area (Å²) in [7, 11) is 0. The largest absolute Gasteiger partial charge is 0.463 e. The first kappa shape index (κ1) is 13.1. The van der Waals surface area contributed by atoms with Crippen molar-refractivity contribution in [2.45, 2.75) is 52.7 Å². The third-order valence-electron chi connectivity index (χ3n) is 1.65. The van der Waals surface area contributed by atoms with E-state index in [1.165, 1.54) is 0 Å². The second-order valence-electron chi connectivity index (χ2n) is 3.05. The SMILES string of the molecule is CCC=COC(CCC)OC=CCC. The fourth-order valence-corrected chi connectivity index (χ4v) is 0.883. The van der Waals surface area contributed by atoms with Gasteiger partial charge in [0.25, 0.3) is 0 Å². The Morgan fingerprint density at radius 1 is 0.929 bits per heavy atom. The zero-order chi connectivity index (χ0) is 10.6. The molecule has 0 aliphatic heterocycles. The van der Waals surface area contributed by atoms with E-state index < -0.39 is 0 Å². The molecule has 0 bridgehead atoms. The van der Waals surface area contributed by atoms with E-state index in [2.05, 4.69) is 20.8 Å². The van der Waals surface area contributed by atoms with E-state index in [4.69, 9.17) is 9.47 Å². The highest BCUT2D eigenvalue weighted by Crippen LogP contribution is 2.05. The van der Waals surface area contributed by atoms with Gasteiger partial charge in [0.05, 0.1) is 12.5 Å². The maximum absolute atomic E-state index is 5.42. The number of hydrogen-bond donors (Lipinski definition) is 0. The summed E-state index contributed by atoms with van der Waals surface area (Å²) < 4.78 is 10.8. The molecule has 0 spiro atoms. The maximum atomic E-state index is 5.42. The van der Waals surface area contributed by atoms with E-state index in [0.29, 0.717) is 0 Å². The standard InChI is InChI=1S/C12H22O2/c1-4-7-10-13-12(9-6-3)14-11-8-5-2/h7-8,10-12H,4-6,9H2,1-3H3. The van der Waals surface area contributed by atoms with Gasteiger partial charge in [-0.2, -0.15) is 0 Å². The first-order chi connectivity index (χ1) is 6.85. The molecule has 2 nitrogen and oxygen atoms in total. The summed E-state index contributed by atoms with van der Waals surface area (Å²) >= 11 is 0. The van der Waals surface area contributed by atoms with E-state index in [1.807, 2.05) is 12.2 Å². The molecular weight excluding hydrogens is 176 g/mol. The highest BCUT2D eigenvalue weighted by molar-refractivity contribution is 4.74. The van der Waals surface area contributed by atoms with Crippen LogP contribution in [0.4, 0.5) is 0 Å². The van der Waals surface area contributed by atoms with Crippen LogP contribution in [-0.4, -0.2) is 6.29 Å². The van der Waals surface area contributed by atoms with Crippen LogP contribution in [0.5, 0.6) is 0 Å². The zero-order valence-corrected chi connectivity index (χ0v) is 9.53. The second kappa shape index (κ2) is 10.2. The molecule has 0 unspecified atom stereocenters. The molecule has 0 aliphatic rings. The molecule has 82 valence electrons. The van der Waals surface area contributed by atoms with Gasteiger partial charge < -0.3 is 9.47 Å². The van der Waals surface area contributed by atoms with Crippen LogP contribution in [0.2, 0.25) is 0 Å². The average molecular weight is 198 g/mol. The fraction of sp³-hybridized carbons (Fsp3) is 0.667. The Balaban J connectivity index is 3.76. The molecular formula is C12H22O2. The number of allylic oxidation sites excluding steroid dienone is 2. The van der Waals surface area contributed by atoms with Crippen LogP contribution in [0.15, 0.2) is 24.7 Å². The lowest BCUT2D eigenvalue weighted by molar-refractivity contribution is -0.0665. The number of ether oxygens (including phenoxy) is 2. The van der Waals surface area contributed by atoms with Crippen LogP contribution in [0.3, 0.4) is 0 Å². The quantitative estimate of drug-likeness (QED) is 0.433. The minimum atomic E-state index is -0.134. The van der Waals surface area contributed by atoms with Crippen LogP contribution < -0.4 is 0 Å². The molecule has 0 fully saturated rings. The molecule has 0 N–H and O–H groups in total. The van der Waals surface area contributed by atoms with Crippen molar-refractivity contribution in [3.05, 3.63) is 24.7 Å². The highest BCUT2D eigenvalue weighted by atomic mass is 16.7. The maximum Gasteiger partial charge on any atom is 0.239 e. The molecule has 14 heavy (non-hydrogen) atoms. The zero-order valence-electron chi connectivity index (χ0n) is 9.53. The van der Waals surface area contributed by atoms with Gasteiger partial charge in [0.1, 0.15) is 0 Å². The molecule has 0 rings (SSSR count). The van der Waals surface area contributed by atoms with Crippen molar-refractivity contribution < 1.29 is 9.47 Å². The van der Waals surface area contributed by atoms with Gasteiger partial charge in [-0.25, -0.2) is 0 Å². The lowest BCUT2D eigenvalue weighted by Gasteiger charge is -2.14. The summed E-state index contributed by atoms with van der Waals surface area (Å²) in [5, 5.41) is 0. The summed E-state index contributed by atoms with van der Waals surface area (Å²) in [5.74, 6) is 0. The average Bonchev–Trinajstić information content (AvgIpc) is 2.18. The normalized spacial score (nSPS) is 13.6. The molecule has 0 heterocycles. The van der Waals surface area contributed by atoms with Crippen molar-refractivity contribution in [3.63, 3.8) is 0 Å². The molecule has 0 aliphatic carbocycles. The van der Waals surface area contributed by atoms with E-state index >= 15 is 0 Å². The van der Waals surface area contributed by atoms with Gasteiger partial charge in [0, 0.05) is 6.42 Å². The second-order valence-corrected chi connectivity index (χ2v) is 3.05. The Morgan fingerprint density at radius 2 is 1.43 bits per heavy atom. The van der Waals surface area contributed by atoms with Crippen LogP contribution in [-0.2, 0) is 9.47 Å². The summed E-state index contributed by atoms with van der Waals surface area (Å²) in [5.41, 5.74) is 0. The van der Waals surface area contributed by atoms with Crippen molar-refractivity contribution in [3.8, 4) is 0 Å². The van der Waals surface area contributed by atoms with Gasteiger partial charge in [-0.05, 0) is 31.4 Å². The van der Waals surface area contributed by atoms with Crippen molar-refractivity contribution >= 4 is 0 Å². The molecule has 0 amide bonds. The van der Waals surface area contributed by atoms with Gasteiger partial charge in [-0.3, -0.25) is 0 Å². The number of hydrogen-bond acceptors (Lipinski definition) is 2.